The highest BCUT2D eigenvalue weighted by Gasteiger charge is 2.18. The van der Waals surface area contributed by atoms with Crippen LogP contribution >= 0.6 is 0 Å². The number of likely N-dealkylation sites (tertiary alicyclic amines) is 1. The maximum atomic E-state index is 14.0. The maximum Gasteiger partial charge on any atom is 0.254 e. The molecule has 0 spiro atoms. The normalized spacial score (nSPS) is 18.0. The van der Waals surface area contributed by atoms with Crippen molar-refractivity contribution in [3.63, 3.8) is 0 Å². The number of aromatic nitrogens is 2. The molecule has 3 rings (SSSR count). The van der Waals surface area contributed by atoms with Crippen molar-refractivity contribution in [2.45, 2.75) is 45.6 Å². The van der Waals surface area contributed by atoms with Crippen LogP contribution in [0.3, 0.4) is 0 Å². The predicted molar refractivity (Wildman–Crippen MR) is 100 cm³/mol. The van der Waals surface area contributed by atoms with Gasteiger partial charge in [-0.1, -0.05) is 18.6 Å². The molecule has 1 fully saturated rings. The lowest BCUT2D eigenvalue weighted by Crippen LogP contribution is -2.39. The third-order valence-corrected chi connectivity index (χ3v) is 5.18. The Kier molecular flexibility index (Phi) is 6.04. The first-order chi connectivity index (χ1) is 12.6. The average Bonchev–Trinajstić information content (AvgIpc) is 3.02. The fraction of sp³-hybridized carbons (Fsp3) is 0.500. The molecule has 2 aromatic rings. The van der Waals surface area contributed by atoms with Gasteiger partial charge in [-0.05, 0) is 51.8 Å². The summed E-state index contributed by atoms with van der Waals surface area (Å²) in [5, 5.41) is 7.15. The number of hydrogen-bond donors (Lipinski definition) is 1. The topological polar surface area (TPSA) is 50.2 Å². The van der Waals surface area contributed by atoms with Crippen LogP contribution in [0.25, 0.3) is 5.69 Å². The minimum atomic E-state index is -0.360. The van der Waals surface area contributed by atoms with Crippen molar-refractivity contribution in [3.8, 4) is 5.69 Å². The van der Waals surface area contributed by atoms with Crippen LogP contribution in [0.1, 0.15) is 48.7 Å². The van der Waals surface area contributed by atoms with E-state index in [1.165, 1.54) is 36.2 Å². The molecule has 1 aliphatic rings. The van der Waals surface area contributed by atoms with E-state index in [0.29, 0.717) is 29.5 Å². The number of rotatable bonds is 6. The van der Waals surface area contributed by atoms with Gasteiger partial charge in [0.15, 0.2) is 0 Å². The van der Waals surface area contributed by atoms with Crippen molar-refractivity contribution in [1.82, 2.24) is 20.0 Å². The molecule has 0 saturated carbocycles. The monoisotopic (exact) mass is 358 g/mol. The Bertz CT molecular complexity index is 758. The number of halogens is 1. The van der Waals surface area contributed by atoms with Crippen LogP contribution in [0.15, 0.2) is 30.5 Å². The molecule has 1 N–H and O–H groups in total. The highest BCUT2D eigenvalue weighted by molar-refractivity contribution is 5.95. The molecule has 1 atom stereocenters. The Morgan fingerprint density at radius 2 is 2.15 bits per heavy atom. The van der Waals surface area contributed by atoms with E-state index >= 15 is 0 Å². The van der Waals surface area contributed by atoms with Crippen LogP contribution in [0.4, 0.5) is 4.39 Å². The molecule has 0 aliphatic carbocycles. The Hall–Kier alpha value is -2.21. The zero-order chi connectivity index (χ0) is 18.5. The summed E-state index contributed by atoms with van der Waals surface area (Å²) < 4.78 is 15.4. The van der Waals surface area contributed by atoms with Crippen molar-refractivity contribution < 1.29 is 9.18 Å². The molecule has 6 heteroatoms. The highest BCUT2D eigenvalue weighted by atomic mass is 19.1. The summed E-state index contributed by atoms with van der Waals surface area (Å²) >= 11 is 0. The summed E-state index contributed by atoms with van der Waals surface area (Å²) in [6.07, 6.45) is 6.28. The summed E-state index contributed by atoms with van der Waals surface area (Å²) in [4.78, 5) is 14.9. The molecule has 1 amide bonds. The molecule has 1 aromatic carbocycles. The van der Waals surface area contributed by atoms with E-state index < -0.39 is 0 Å². The summed E-state index contributed by atoms with van der Waals surface area (Å²) in [5.41, 5.74) is 1.47. The maximum absolute atomic E-state index is 14.0. The number of carbonyl (C=O) groups is 1. The van der Waals surface area contributed by atoms with E-state index in [4.69, 9.17) is 0 Å². The van der Waals surface area contributed by atoms with E-state index in [1.807, 2.05) is 0 Å². The van der Waals surface area contributed by atoms with E-state index in [-0.39, 0.29) is 11.7 Å². The second-order valence-electron chi connectivity index (χ2n) is 7.00. The van der Waals surface area contributed by atoms with Gasteiger partial charge in [-0.25, -0.2) is 9.07 Å². The smallest absolute Gasteiger partial charge is 0.254 e. The van der Waals surface area contributed by atoms with Gasteiger partial charge in [0.1, 0.15) is 11.5 Å². The van der Waals surface area contributed by atoms with Gasteiger partial charge < -0.3 is 10.2 Å². The second-order valence-corrected chi connectivity index (χ2v) is 7.00. The number of piperidine rings is 1. The molecular weight excluding hydrogens is 331 g/mol. The third-order valence-electron chi connectivity index (χ3n) is 5.18. The van der Waals surface area contributed by atoms with Crippen molar-refractivity contribution in [1.29, 1.82) is 0 Å². The van der Waals surface area contributed by atoms with Gasteiger partial charge in [0, 0.05) is 19.1 Å². The predicted octanol–water partition coefficient (Wildman–Crippen LogP) is 3.31. The minimum Gasteiger partial charge on any atom is -0.352 e. The quantitative estimate of drug-likeness (QED) is 0.806. The van der Waals surface area contributed by atoms with Crippen molar-refractivity contribution >= 4 is 5.91 Å². The summed E-state index contributed by atoms with van der Waals surface area (Å²) in [5.74, 6) is -0.516. The molecule has 2 heterocycles. The Morgan fingerprint density at radius 1 is 1.35 bits per heavy atom. The van der Waals surface area contributed by atoms with Crippen molar-refractivity contribution in [2.24, 2.45) is 0 Å². The first-order valence-electron chi connectivity index (χ1n) is 9.39. The first-order valence-corrected chi connectivity index (χ1v) is 9.39. The van der Waals surface area contributed by atoms with Crippen LogP contribution < -0.4 is 5.32 Å². The molecule has 1 aromatic heterocycles. The number of nitrogens with one attached hydrogen (secondary N) is 1. The van der Waals surface area contributed by atoms with Gasteiger partial charge >= 0.3 is 0 Å². The number of carbonyl (C=O) groups excluding carboxylic acids is 1. The Labute approximate surface area is 154 Å². The summed E-state index contributed by atoms with van der Waals surface area (Å²) in [7, 11) is 0. The van der Waals surface area contributed by atoms with Gasteiger partial charge in [-0.15, -0.1) is 0 Å². The van der Waals surface area contributed by atoms with E-state index in [9.17, 15) is 9.18 Å². The van der Waals surface area contributed by atoms with Gasteiger partial charge in [0.25, 0.3) is 5.91 Å². The molecule has 0 bridgehead atoms. The van der Waals surface area contributed by atoms with Crippen LogP contribution in [-0.4, -0.2) is 46.3 Å². The Morgan fingerprint density at radius 3 is 2.92 bits per heavy atom. The van der Waals surface area contributed by atoms with Crippen LogP contribution in [0.5, 0.6) is 0 Å². The Balaban J connectivity index is 1.55. The molecule has 1 saturated heterocycles. The molecular formula is C20H27FN4O. The molecule has 1 unspecified atom stereocenters. The SMILES string of the molecule is Cc1c(C(=O)NCCCN2CCCCC2C)cnn1-c1ccccc1F. The number of hydrogen-bond acceptors (Lipinski definition) is 3. The molecule has 140 valence electrons. The first kappa shape index (κ1) is 18.6. The van der Waals surface area contributed by atoms with Crippen LogP contribution in [-0.2, 0) is 0 Å². The average molecular weight is 358 g/mol. The van der Waals surface area contributed by atoms with Crippen LogP contribution in [0, 0.1) is 12.7 Å². The van der Waals surface area contributed by atoms with Gasteiger partial charge in [0.05, 0.1) is 17.5 Å². The number of benzene rings is 1. The van der Waals surface area contributed by atoms with E-state index in [1.54, 1.807) is 25.1 Å². The summed E-state index contributed by atoms with van der Waals surface area (Å²) in [6.45, 7) is 6.85. The fourth-order valence-corrected chi connectivity index (χ4v) is 3.57. The lowest BCUT2D eigenvalue weighted by molar-refractivity contribution is 0.0948. The zero-order valence-corrected chi connectivity index (χ0v) is 15.5. The fourth-order valence-electron chi connectivity index (χ4n) is 3.57. The van der Waals surface area contributed by atoms with Crippen LogP contribution in [0.2, 0.25) is 0 Å². The molecule has 0 radical (unpaired) electrons. The van der Waals surface area contributed by atoms with Gasteiger partial charge in [0.2, 0.25) is 0 Å². The molecule has 26 heavy (non-hydrogen) atoms. The van der Waals surface area contributed by atoms with Crippen molar-refractivity contribution in [2.75, 3.05) is 19.6 Å². The lowest BCUT2D eigenvalue weighted by Gasteiger charge is -2.33. The number of amides is 1. The van der Waals surface area contributed by atoms with E-state index in [2.05, 4.69) is 22.2 Å². The lowest BCUT2D eigenvalue weighted by atomic mass is 10.0. The van der Waals surface area contributed by atoms with Gasteiger partial charge in [-0.3, -0.25) is 4.79 Å². The van der Waals surface area contributed by atoms with E-state index in [0.717, 1.165) is 19.5 Å². The second kappa shape index (κ2) is 8.45. The minimum absolute atomic E-state index is 0.156. The summed E-state index contributed by atoms with van der Waals surface area (Å²) in [6, 6.07) is 7.06. The number of nitrogens with zero attached hydrogens (tertiary/aromatic N) is 3. The third kappa shape index (κ3) is 4.12. The largest absolute Gasteiger partial charge is 0.352 e. The molecule has 5 nitrogen and oxygen atoms in total. The standard InChI is InChI=1S/C20H27FN4O/c1-15-8-5-6-12-24(15)13-7-11-22-20(26)17-14-23-25(16(17)2)19-10-4-3-9-18(19)21/h3-4,9-10,14-15H,5-8,11-13H2,1-2H3,(H,22,26). The zero-order valence-electron chi connectivity index (χ0n) is 15.5. The van der Waals surface area contributed by atoms with Gasteiger partial charge in [-0.2, -0.15) is 5.10 Å². The van der Waals surface area contributed by atoms with Crippen molar-refractivity contribution in [3.05, 3.63) is 47.5 Å². The number of para-hydroxylation sites is 1. The highest BCUT2D eigenvalue weighted by Crippen LogP contribution is 2.18. The molecule has 1 aliphatic heterocycles.